The van der Waals surface area contributed by atoms with Crippen LogP contribution in [0.5, 0.6) is 0 Å². The van der Waals surface area contributed by atoms with E-state index >= 15 is 0 Å². The van der Waals surface area contributed by atoms with E-state index in [2.05, 4.69) is 0 Å². The van der Waals surface area contributed by atoms with Crippen LogP contribution in [0.15, 0.2) is 0 Å². The predicted octanol–water partition coefficient (Wildman–Crippen LogP) is -0.0456. The normalized spacial score (nSPS) is 20.2. The Labute approximate surface area is 70.2 Å². The zero-order valence-corrected chi connectivity index (χ0v) is 7.45. The van der Waals surface area contributed by atoms with E-state index < -0.39 is 27.4 Å². The second-order valence-corrected chi connectivity index (χ2v) is 5.06. The highest BCUT2D eigenvalue weighted by molar-refractivity contribution is 7.91. The summed E-state index contributed by atoms with van der Waals surface area (Å²) in [4.78, 5) is 10.4. The lowest BCUT2D eigenvalue weighted by molar-refractivity contribution is -0.117. The zero-order valence-electron chi connectivity index (χ0n) is 6.63. The summed E-state index contributed by atoms with van der Waals surface area (Å²) >= 11 is 0. The van der Waals surface area contributed by atoms with Crippen molar-refractivity contribution in [3.63, 3.8) is 0 Å². The molecule has 0 bridgehead atoms. The Bertz CT molecular complexity index is 294. The van der Waals surface area contributed by atoms with Crippen LogP contribution in [-0.2, 0) is 14.8 Å². The molecular formula is C6H10FNO3S. The molecule has 4 nitrogen and oxygen atoms in total. The highest BCUT2D eigenvalue weighted by atomic mass is 32.2. The molecule has 12 heavy (non-hydrogen) atoms. The largest absolute Gasteiger partial charge is 0.274 e. The standard InChI is InChI=1S/C6H10FNO3S/c1-5(9)8-12(10,11)6(4-7)2-3-6/h2-4H2,1H3,(H,8,9). The summed E-state index contributed by atoms with van der Waals surface area (Å²) in [7, 11) is -3.77. The van der Waals surface area contributed by atoms with Crippen LogP contribution in [0.2, 0.25) is 0 Å². The number of sulfonamides is 1. The van der Waals surface area contributed by atoms with Crippen LogP contribution in [0.25, 0.3) is 0 Å². The van der Waals surface area contributed by atoms with Gasteiger partial charge in [0.1, 0.15) is 11.4 Å². The van der Waals surface area contributed by atoms with Gasteiger partial charge in [-0.1, -0.05) is 0 Å². The Balaban J connectivity index is 2.79. The van der Waals surface area contributed by atoms with Gasteiger partial charge in [-0.2, -0.15) is 0 Å². The number of alkyl halides is 1. The van der Waals surface area contributed by atoms with Gasteiger partial charge in [0, 0.05) is 6.92 Å². The Morgan fingerprint density at radius 1 is 1.58 bits per heavy atom. The van der Waals surface area contributed by atoms with Gasteiger partial charge in [-0.05, 0) is 12.8 Å². The molecule has 0 radical (unpaired) electrons. The number of hydrogen-bond donors (Lipinski definition) is 1. The Hall–Kier alpha value is -0.650. The van der Waals surface area contributed by atoms with Crippen LogP contribution >= 0.6 is 0 Å². The molecule has 0 aromatic carbocycles. The van der Waals surface area contributed by atoms with Gasteiger partial charge < -0.3 is 0 Å². The van der Waals surface area contributed by atoms with Gasteiger partial charge in [0.15, 0.2) is 0 Å². The maximum absolute atomic E-state index is 12.2. The highest BCUT2D eigenvalue weighted by Gasteiger charge is 2.55. The predicted molar refractivity (Wildman–Crippen MR) is 40.7 cm³/mol. The minimum absolute atomic E-state index is 0.298. The fourth-order valence-corrected chi connectivity index (χ4v) is 2.29. The lowest BCUT2D eigenvalue weighted by Gasteiger charge is -2.11. The first-order valence-corrected chi connectivity index (χ1v) is 5.01. The molecular weight excluding hydrogens is 185 g/mol. The number of amides is 1. The molecule has 0 heterocycles. The summed E-state index contributed by atoms with van der Waals surface area (Å²) < 4.78 is 35.1. The summed E-state index contributed by atoms with van der Waals surface area (Å²) in [6.45, 7) is 0.168. The van der Waals surface area contributed by atoms with Gasteiger partial charge in [-0.25, -0.2) is 12.8 Å². The number of halogens is 1. The first-order valence-electron chi connectivity index (χ1n) is 3.52. The molecule has 0 aromatic heterocycles. The third kappa shape index (κ3) is 1.43. The maximum atomic E-state index is 12.2. The lowest BCUT2D eigenvalue weighted by Crippen LogP contribution is -2.39. The molecule has 0 aliphatic heterocycles. The quantitative estimate of drug-likeness (QED) is 0.687. The molecule has 1 rings (SSSR count). The molecule has 1 fully saturated rings. The van der Waals surface area contributed by atoms with Crippen LogP contribution in [-0.4, -0.2) is 25.7 Å². The van der Waals surface area contributed by atoms with Gasteiger partial charge in [0.05, 0.1) is 0 Å². The number of rotatable bonds is 3. The van der Waals surface area contributed by atoms with Crippen LogP contribution in [0.1, 0.15) is 19.8 Å². The SMILES string of the molecule is CC(=O)NS(=O)(=O)C1(CF)CC1. The van der Waals surface area contributed by atoms with E-state index in [0.717, 1.165) is 6.92 Å². The average Bonchev–Trinajstić information content (AvgIpc) is 2.62. The summed E-state index contributed by atoms with van der Waals surface area (Å²) in [6, 6.07) is 0. The van der Waals surface area contributed by atoms with Crippen molar-refractivity contribution in [3.8, 4) is 0 Å². The summed E-state index contributed by atoms with van der Waals surface area (Å²) in [5.41, 5.74) is 0. The monoisotopic (exact) mass is 195 g/mol. The molecule has 1 aliphatic carbocycles. The molecule has 1 aliphatic rings. The number of nitrogens with one attached hydrogen (secondary N) is 1. The highest BCUT2D eigenvalue weighted by Crippen LogP contribution is 2.43. The van der Waals surface area contributed by atoms with Crippen LogP contribution in [0.4, 0.5) is 4.39 Å². The molecule has 0 saturated heterocycles. The summed E-state index contributed by atoms with van der Waals surface area (Å²) in [5, 5.41) is 0. The molecule has 1 N–H and O–H groups in total. The zero-order chi connectivity index (χ0) is 9.41. The molecule has 0 unspecified atom stereocenters. The number of hydrogen-bond acceptors (Lipinski definition) is 3. The Kier molecular flexibility index (Phi) is 2.11. The topological polar surface area (TPSA) is 63.2 Å². The van der Waals surface area contributed by atoms with Crippen molar-refractivity contribution in [2.75, 3.05) is 6.67 Å². The Morgan fingerprint density at radius 3 is 2.33 bits per heavy atom. The van der Waals surface area contributed by atoms with Crippen molar-refractivity contribution in [1.82, 2.24) is 4.72 Å². The fraction of sp³-hybridized carbons (Fsp3) is 0.833. The number of carbonyl (C=O) groups excluding carboxylic acids is 1. The molecule has 0 spiro atoms. The second kappa shape index (κ2) is 2.69. The van der Waals surface area contributed by atoms with Crippen molar-refractivity contribution in [2.45, 2.75) is 24.5 Å². The van der Waals surface area contributed by atoms with E-state index in [1.807, 2.05) is 0 Å². The summed E-state index contributed by atoms with van der Waals surface area (Å²) in [6.07, 6.45) is 0.595. The smallest absolute Gasteiger partial charge is 0.243 e. The number of carbonyl (C=O) groups is 1. The minimum atomic E-state index is -3.77. The first kappa shape index (κ1) is 9.44. The van der Waals surface area contributed by atoms with Crippen molar-refractivity contribution in [2.24, 2.45) is 0 Å². The van der Waals surface area contributed by atoms with E-state index in [1.165, 1.54) is 0 Å². The second-order valence-electron chi connectivity index (χ2n) is 2.98. The minimum Gasteiger partial charge on any atom is -0.274 e. The fourth-order valence-electron chi connectivity index (χ4n) is 0.911. The molecule has 1 amide bonds. The van der Waals surface area contributed by atoms with E-state index in [9.17, 15) is 17.6 Å². The Morgan fingerprint density at radius 2 is 2.08 bits per heavy atom. The average molecular weight is 195 g/mol. The van der Waals surface area contributed by atoms with E-state index in [-0.39, 0.29) is 0 Å². The van der Waals surface area contributed by atoms with Gasteiger partial charge in [0.25, 0.3) is 0 Å². The lowest BCUT2D eigenvalue weighted by atomic mass is 10.5. The third-order valence-corrected chi connectivity index (χ3v) is 4.11. The van der Waals surface area contributed by atoms with Gasteiger partial charge >= 0.3 is 0 Å². The van der Waals surface area contributed by atoms with Crippen molar-refractivity contribution in [1.29, 1.82) is 0 Å². The molecule has 0 aromatic rings. The summed E-state index contributed by atoms with van der Waals surface area (Å²) in [5.74, 6) is -0.672. The van der Waals surface area contributed by atoms with E-state index in [4.69, 9.17) is 0 Å². The van der Waals surface area contributed by atoms with Crippen LogP contribution < -0.4 is 4.72 Å². The van der Waals surface area contributed by atoms with Crippen molar-refractivity contribution in [3.05, 3.63) is 0 Å². The molecule has 6 heteroatoms. The molecule has 1 saturated carbocycles. The third-order valence-electron chi connectivity index (χ3n) is 1.90. The van der Waals surface area contributed by atoms with E-state index in [0.29, 0.717) is 12.8 Å². The first-order chi connectivity index (χ1) is 5.43. The van der Waals surface area contributed by atoms with E-state index in [1.54, 1.807) is 4.72 Å². The van der Waals surface area contributed by atoms with Gasteiger partial charge in [-0.3, -0.25) is 9.52 Å². The van der Waals surface area contributed by atoms with Gasteiger partial charge in [-0.15, -0.1) is 0 Å². The van der Waals surface area contributed by atoms with Crippen LogP contribution in [0.3, 0.4) is 0 Å². The molecule has 70 valence electrons. The maximum Gasteiger partial charge on any atom is 0.243 e. The van der Waals surface area contributed by atoms with Crippen molar-refractivity contribution < 1.29 is 17.6 Å². The molecule has 0 atom stereocenters. The van der Waals surface area contributed by atoms with Gasteiger partial charge in [0.2, 0.25) is 15.9 Å². The van der Waals surface area contributed by atoms with Crippen LogP contribution in [0, 0.1) is 0 Å². The van der Waals surface area contributed by atoms with Crippen molar-refractivity contribution >= 4 is 15.9 Å².